The van der Waals surface area contributed by atoms with Gasteiger partial charge in [0.2, 0.25) is 0 Å². The van der Waals surface area contributed by atoms with Crippen molar-refractivity contribution in [3.63, 3.8) is 0 Å². The molecule has 0 fully saturated rings. The van der Waals surface area contributed by atoms with Crippen LogP contribution in [-0.4, -0.2) is 23.8 Å². The van der Waals surface area contributed by atoms with E-state index in [1.807, 2.05) is 60.7 Å². The summed E-state index contributed by atoms with van der Waals surface area (Å²) in [4.78, 5) is 29.8. The molecular weight excluding hydrogens is 601 g/mol. The smallest absolute Gasteiger partial charge is 0.261 e. The van der Waals surface area contributed by atoms with E-state index in [1.54, 1.807) is 6.07 Å². The minimum Gasteiger partial charge on any atom is -0.310 e. The average molecular weight is 633 g/mol. The topological polar surface area (TPSA) is 40.6 Å². The summed E-state index contributed by atoms with van der Waals surface area (Å²) in [6.45, 7) is 0. The van der Waals surface area contributed by atoms with Gasteiger partial charge in [0.1, 0.15) is 0 Å². The van der Waals surface area contributed by atoms with Crippen LogP contribution in [0.2, 0.25) is 0 Å². The first-order valence-corrected chi connectivity index (χ1v) is 16.3. The highest BCUT2D eigenvalue weighted by Gasteiger charge is 2.31. The summed E-state index contributed by atoms with van der Waals surface area (Å²) in [5, 5.41) is 1.54. The fourth-order valence-corrected chi connectivity index (χ4v) is 6.90. The molecule has 0 aromatic heterocycles. The Kier molecular flexibility index (Phi) is 7.67. The van der Waals surface area contributed by atoms with E-state index < -0.39 is 0 Å². The first kappa shape index (κ1) is 29.9. The van der Waals surface area contributed by atoms with Crippen LogP contribution in [0.3, 0.4) is 0 Å². The minimum atomic E-state index is -0.288. The standard InChI is InChI=1S/C45H32N2O2/c1-46-44(48)38-24-14-23-37-40(30-29-39(43(37)38)45(46)49)47(35-21-12-5-13-22-35)36-27-25-34(26-28-36)42(33-19-10-4-11-20-33)41(31-15-6-2-7-16-31)32-17-8-3-9-18-32/h2-30H,1H3. The van der Waals surface area contributed by atoms with Crippen LogP contribution in [0.1, 0.15) is 43.0 Å². The van der Waals surface area contributed by atoms with Crippen molar-refractivity contribution in [2.24, 2.45) is 0 Å². The van der Waals surface area contributed by atoms with Gasteiger partial charge in [-0.25, -0.2) is 0 Å². The van der Waals surface area contributed by atoms with Crippen LogP contribution in [0.5, 0.6) is 0 Å². The van der Waals surface area contributed by atoms with Gasteiger partial charge in [0.05, 0.1) is 5.69 Å². The lowest BCUT2D eigenvalue weighted by atomic mass is 9.85. The highest BCUT2D eigenvalue weighted by Crippen LogP contribution is 2.43. The van der Waals surface area contributed by atoms with E-state index in [4.69, 9.17) is 0 Å². The van der Waals surface area contributed by atoms with Gasteiger partial charge in [-0.15, -0.1) is 0 Å². The maximum atomic E-state index is 13.2. The van der Waals surface area contributed by atoms with Crippen LogP contribution in [0.4, 0.5) is 17.1 Å². The van der Waals surface area contributed by atoms with Gasteiger partial charge in [-0.3, -0.25) is 14.5 Å². The minimum absolute atomic E-state index is 0.288. The fraction of sp³-hybridized carbons (Fsp3) is 0.0222. The zero-order valence-electron chi connectivity index (χ0n) is 27.0. The third-order valence-corrected chi connectivity index (χ3v) is 9.19. The summed E-state index contributed by atoms with van der Waals surface area (Å²) in [6.07, 6.45) is 0. The van der Waals surface area contributed by atoms with Crippen molar-refractivity contribution in [1.29, 1.82) is 0 Å². The molecule has 4 nitrogen and oxygen atoms in total. The number of anilines is 3. The summed E-state index contributed by atoms with van der Waals surface area (Å²) in [5.74, 6) is -0.576. The molecule has 234 valence electrons. The van der Waals surface area contributed by atoms with E-state index in [1.165, 1.54) is 11.9 Å². The van der Waals surface area contributed by atoms with Gasteiger partial charge in [-0.1, -0.05) is 133 Å². The van der Waals surface area contributed by atoms with Crippen molar-refractivity contribution < 1.29 is 9.59 Å². The normalized spacial score (nSPS) is 12.2. The molecule has 0 unspecified atom stereocenters. The number of nitrogens with zero attached hydrogens (tertiary/aromatic N) is 2. The second-order valence-electron chi connectivity index (χ2n) is 12.1. The summed E-state index contributed by atoms with van der Waals surface area (Å²) in [6, 6.07) is 60.1. The maximum absolute atomic E-state index is 13.2. The molecule has 0 bridgehead atoms. The Morgan fingerprint density at radius 2 is 0.857 bits per heavy atom. The van der Waals surface area contributed by atoms with E-state index in [0.717, 1.165) is 55.8 Å². The lowest BCUT2D eigenvalue weighted by molar-refractivity contribution is 0.0650. The van der Waals surface area contributed by atoms with Crippen LogP contribution in [0.15, 0.2) is 176 Å². The maximum Gasteiger partial charge on any atom is 0.261 e. The molecule has 1 aliphatic heterocycles. The molecule has 8 rings (SSSR count). The van der Waals surface area contributed by atoms with Crippen LogP contribution >= 0.6 is 0 Å². The third kappa shape index (κ3) is 5.30. The van der Waals surface area contributed by atoms with Gasteiger partial charge in [0.25, 0.3) is 11.8 Å². The molecule has 2 amide bonds. The molecule has 0 radical (unpaired) electrons. The molecule has 4 heteroatoms. The molecular formula is C45H32N2O2. The van der Waals surface area contributed by atoms with Gasteiger partial charge in [0.15, 0.2) is 0 Å². The molecule has 1 aliphatic rings. The molecule has 7 aromatic carbocycles. The van der Waals surface area contributed by atoms with Gasteiger partial charge < -0.3 is 4.90 Å². The number of carbonyl (C=O) groups is 2. The van der Waals surface area contributed by atoms with E-state index in [9.17, 15) is 9.59 Å². The van der Waals surface area contributed by atoms with Gasteiger partial charge >= 0.3 is 0 Å². The highest BCUT2D eigenvalue weighted by atomic mass is 16.2. The Balaban J connectivity index is 1.34. The van der Waals surface area contributed by atoms with Crippen molar-refractivity contribution in [3.05, 3.63) is 209 Å². The Morgan fingerprint density at radius 1 is 0.429 bits per heavy atom. The van der Waals surface area contributed by atoms with Crippen molar-refractivity contribution in [2.45, 2.75) is 0 Å². The first-order valence-electron chi connectivity index (χ1n) is 16.3. The molecule has 0 N–H and O–H groups in total. The van der Waals surface area contributed by atoms with E-state index in [0.29, 0.717) is 16.5 Å². The van der Waals surface area contributed by atoms with Gasteiger partial charge in [-0.2, -0.15) is 0 Å². The van der Waals surface area contributed by atoms with Gasteiger partial charge in [-0.05, 0) is 75.9 Å². The molecule has 0 saturated heterocycles. The Morgan fingerprint density at radius 3 is 1.37 bits per heavy atom. The summed E-state index contributed by atoms with van der Waals surface area (Å²) >= 11 is 0. The largest absolute Gasteiger partial charge is 0.310 e. The van der Waals surface area contributed by atoms with Crippen LogP contribution in [-0.2, 0) is 0 Å². The first-order chi connectivity index (χ1) is 24.1. The second-order valence-corrected chi connectivity index (χ2v) is 12.1. The number of carbonyl (C=O) groups excluding carboxylic acids is 2. The third-order valence-electron chi connectivity index (χ3n) is 9.19. The molecule has 0 atom stereocenters. The van der Waals surface area contributed by atoms with Crippen LogP contribution in [0.25, 0.3) is 21.9 Å². The highest BCUT2D eigenvalue weighted by molar-refractivity contribution is 6.27. The predicted octanol–water partition coefficient (Wildman–Crippen LogP) is 10.5. The van der Waals surface area contributed by atoms with Crippen LogP contribution in [0, 0.1) is 0 Å². The molecule has 1 heterocycles. The lowest BCUT2D eigenvalue weighted by Crippen LogP contribution is -2.37. The molecule has 7 aromatic rings. The van der Waals surface area contributed by atoms with Crippen LogP contribution < -0.4 is 4.90 Å². The number of imide groups is 1. The summed E-state index contributed by atoms with van der Waals surface area (Å²) in [5.41, 5.74) is 10.7. The molecule has 0 spiro atoms. The predicted molar refractivity (Wildman–Crippen MR) is 199 cm³/mol. The average Bonchev–Trinajstić information content (AvgIpc) is 3.17. The summed E-state index contributed by atoms with van der Waals surface area (Å²) < 4.78 is 0. The number of benzene rings is 7. The van der Waals surface area contributed by atoms with E-state index in [2.05, 4.69) is 114 Å². The SMILES string of the molecule is CN1C(=O)c2cccc3c(N(c4ccccc4)c4ccc(C(=C(c5ccccc5)c5ccccc5)c5ccccc5)cc4)ccc(c23)C1=O. The number of hydrogen-bond acceptors (Lipinski definition) is 3. The number of para-hydroxylation sites is 1. The Labute approximate surface area is 285 Å². The van der Waals surface area contributed by atoms with Gasteiger partial charge in [0, 0.05) is 40.3 Å². The lowest BCUT2D eigenvalue weighted by Gasteiger charge is -2.30. The monoisotopic (exact) mass is 632 g/mol. The number of rotatable bonds is 7. The quantitative estimate of drug-likeness (QED) is 0.130. The number of hydrogen-bond donors (Lipinski definition) is 0. The zero-order chi connectivity index (χ0) is 33.3. The van der Waals surface area contributed by atoms with Crippen molar-refractivity contribution in [2.75, 3.05) is 11.9 Å². The molecule has 0 saturated carbocycles. The molecule has 49 heavy (non-hydrogen) atoms. The van der Waals surface area contributed by atoms with Crippen molar-refractivity contribution in [3.8, 4) is 0 Å². The van der Waals surface area contributed by atoms with Crippen molar-refractivity contribution in [1.82, 2.24) is 4.90 Å². The Bertz CT molecular complexity index is 2290. The fourth-order valence-electron chi connectivity index (χ4n) is 6.90. The second kappa shape index (κ2) is 12.6. The Hall–Kier alpha value is -6.52. The van der Waals surface area contributed by atoms with E-state index in [-0.39, 0.29) is 11.8 Å². The number of amides is 2. The summed E-state index contributed by atoms with van der Waals surface area (Å²) in [7, 11) is 1.54. The van der Waals surface area contributed by atoms with Crippen molar-refractivity contribution >= 4 is 50.8 Å². The zero-order valence-corrected chi connectivity index (χ0v) is 27.0. The molecule has 0 aliphatic carbocycles. The van der Waals surface area contributed by atoms with E-state index >= 15 is 0 Å².